The van der Waals surface area contributed by atoms with Crippen molar-refractivity contribution >= 4 is 6.08 Å². The molecule has 0 unspecified atom stereocenters. The van der Waals surface area contributed by atoms with E-state index in [4.69, 9.17) is 4.74 Å². The highest BCUT2D eigenvalue weighted by Gasteiger charge is 2.00. The third kappa shape index (κ3) is 3.40. The fraction of sp³-hybridized carbons (Fsp3) is 0.385. The number of hydrogen-bond donors (Lipinski definition) is 1. The maximum Gasteiger partial charge on any atom is 0.119 e. The van der Waals surface area contributed by atoms with Crippen molar-refractivity contribution in [1.29, 1.82) is 0 Å². The lowest BCUT2D eigenvalue weighted by Gasteiger charge is -2.05. The molecule has 0 saturated carbocycles. The van der Waals surface area contributed by atoms with Crippen molar-refractivity contribution < 1.29 is 9.84 Å². The van der Waals surface area contributed by atoms with Crippen LogP contribution in [0.15, 0.2) is 24.3 Å². The summed E-state index contributed by atoms with van der Waals surface area (Å²) in [6.45, 7) is 2.19. The summed E-state index contributed by atoms with van der Waals surface area (Å²) in [5.41, 5.74) is 1.97. The molecule has 2 nitrogen and oxygen atoms in total. The number of benzene rings is 1. The van der Waals surface area contributed by atoms with E-state index in [-0.39, 0.29) is 6.61 Å². The quantitative estimate of drug-likeness (QED) is 0.802. The molecule has 0 aromatic heterocycles. The Morgan fingerprint density at radius 2 is 2.20 bits per heavy atom. The molecule has 0 fully saturated rings. The van der Waals surface area contributed by atoms with Gasteiger partial charge in [-0.1, -0.05) is 31.6 Å². The topological polar surface area (TPSA) is 29.5 Å². The fourth-order valence-corrected chi connectivity index (χ4v) is 1.39. The van der Waals surface area contributed by atoms with E-state index in [1.54, 1.807) is 7.11 Å². The van der Waals surface area contributed by atoms with E-state index in [1.807, 2.05) is 18.2 Å². The van der Waals surface area contributed by atoms with Crippen LogP contribution in [0.25, 0.3) is 6.08 Å². The molecule has 0 radical (unpaired) electrons. The molecule has 0 saturated heterocycles. The Morgan fingerprint density at radius 1 is 1.40 bits per heavy atom. The van der Waals surface area contributed by atoms with E-state index in [1.165, 1.54) is 0 Å². The van der Waals surface area contributed by atoms with Gasteiger partial charge in [-0.25, -0.2) is 0 Å². The maximum atomic E-state index is 9.21. The molecule has 2 heteroatoms. The van der Waals surface area contributed by atoms with Gasteiger partial charge in [0.1, 0.15) is 5.75 Å². The number of unbranched alkanes of at least 4 members (excludes halogenated alkanes) is 1. The second-order valence-electron chi connectivity index (χ2n) is 3.41. The van der Waals surface area contributed by atoms with Gasteiger partial charge < -0.3 is 9.84 Å². The Kier molecular flexibility index (Phi) is 4.91. The van der Waals surface area contributed by atoms with E-state index in [9.17, 15) is 5.11 Å². The largest absolute Gasteiger partial charge is 0.497 e. The maximum absolute atomic E-state index is 9.21. The molecule has 1 aromatic rings. The van der Waals surface area contributed by atoms with Crippen LogP contribution in [0.1, 0.15) is 30.9 Å². The Labute approximate surface area is 91.2 Å². The van der Waals surface area contributed by atoms with Gasteiger partial charge >= 0.3 is 0 Å². The number of ether oxygens (including phenoxy) is 1. The van der Waals surface area contributed by atoms with Crippen LogP contribution in [0.2, 0.25) is 0 Å². The van der Waals surface area contributed by atoms with Gasteiger partial charge in [0, 0.05) is 0 Å². The van der Waals surface area contributed by atoms with Crippen molar-refractivity contribution in [3.8, 4) is 5.75 Å². The Morgan fingerprint density at radius 3 is 2.80 bits per heavy atom. The monoisotopic (exact) mass is 206 g/mol. The molecular formula is C13H18O2. The summed E-state index contributed by atoms with van der Waals surface area (Å²) >= 11 is 0. The number of aliphatic hydroxyl groups excluding tert-OH is 1. The molecule has 0 bridgehead atoms. The number of allylic oxidation sites excluding steroid dienone is 1. The van der Waals surface area contributed by atoms with Gasteiger partial charge in [0.2, 0.25) is 0 Å². The van der Waals surface area contributed by atoms with Crippen LogP contribution >= 0.6 is 0 Å². The zero-order valence-corrected chi connectivity index (χ0v) is 9.36. The van der Waals surface area contributed by atoms with Crippen molar-refractivity contribution in [3.05, 3.63) is 35.4 Å². The van der Waals surface area contributed by atoms with E-state index >= 15 is 0 Å². The smallest absolute Gasteiger partial charge is 0.119 e. The normalized spacial score (nSPS) is 10.9. The number of methoxy groups -OCH3 is 1. The highest BCUT2D eigenvalue weighted by molar-refractivity contribution is 5.55. The first-order valence-corrected chi connectivity index (χ1v) is 5.26. The number of hydrogen-bond acceptors (Lipinski definition) is 2. The van der Waals surface area contributed by atoms with Gasteiger partial charge in [0.05, 0.1) is 13.7 Å². The highest BCUT2D eigenvalue weighted by Crippen LogP contribution is 2.19. The molecule has 0 amide bonds. The Balaban J connectivity index is 2.87. The van der Waals surface area contributed by atoms with Crippen LogP contribution in [0.4, 0.5) is 0 Å². The van der Waals surface area contributed by atoms with Crippen LogP contribution < -0.4 is 4.74 Å². The molecule has 0 aliphatic carbocycles. The minimum absolute atomic E-state index is 0.0446. The van der Waals surface area contributed by atoms with E-state index in [0.717, 1.165) is 29.7 Å². The predicted octanol–water partition coefficient (Wildman–Crippen LogP) is 3.00. The molecule has 1 rings (SSSR count). The van der Waals surface area contributed by atoms with Gasteiger partial charge in [-0.05, 0) is 29.7 Å². The fourth-order valence-electron chi connectivity index (χ4n) is 1.39. The second kappa shape index (κ2) is 6.25. The molecular weight excluding hydrogens is 188 g/mol. The zero-order chi connectivity index (χ0) is 11.1. The molecule has 82 valence electrons. The van der Waals surface area contributed by atoms with E-state index in [0.29, 0.717) is 0 Å². The van der Waals surface area contributed by atoms with Gasteiger partial charge in [0.15, 0.2) is 0 Å². The molecule has 0 aliphatic rings. The van der Waals surface area contributed by atoms with Gasteiger partial charge in [0.25, 0.3) is 0 Å². The summed E-state index contributed by atoms with van der Waals surface area (Å²) in [7, 11) is 1.63. The van der Waals surface area contributed by atoms with Crippen molar-refractivity contribution in [2.75, 3.05) is 7.11 Å². The molecule has 0 spiro atoms. The van der Waals surface area contributed by atoms with E-state index in [2.05, 4.69) is 19.1 Å². The van der Waals surface area contributed by atoms with Crippen LogP contribution in [-0.2, 0) is 6.61 Å². The first-order chi connectivity index (χ1) is 7.31. The van der Waals surface area contributed by atoms with Crippen molar-refractivity contribution in [2.45, 2.75) is 26.4 Å². The first-order valence-electron chi connectivity index (χ1n) is 5.26. The number of rotatable bonds is 5. The number of aliphatic hydroxyl groups is 1. The second-order valence-corrected chi connectivity index (χ2v) is 3.41. The predicted molar refractivity (Wildman–Crippen MR) is 62.9 cm³/mol. The lowest BCUT2D eigenvalue weighted by molar-refractivity contribution is 0.280. The van der Waals surface area contributed by atoms with E-state index < -0.39 is 0 Å². The average molecular weight is 206 g/mol. The standard InChI is InChI=1S/C13H18O2/c1-3-4-5-6-11-7-8-13(15-2)9-12(11)10-14/h5-9,14H,3-4,10H2,1-2H3/b6-5+. The molecule has 0 aliphatic heterocycles. The third-order valence-corrected chi connectivity index (χ3v) is 2.27. The van der Waals surface area contributed by atoms with Crippen LogP contribution in [0.5, 0.6) is 5.75 Å². The molecule has 15 heavy (non-hydrogen) atoms. The van der Waals surface area contributed by atoms with Gasteiger partial charge in [-0.3, -0.25) is 0 Å². The highest BCUT2D eigenvalue weighted by atomic mass is 16.5. The minimum Gasteiger partial charge on any atom is -0.497 e. The Bertz CT molecular complexity index is 329. The van der Waals surface area contributed by atoms with Gasteiger partial charge in [-0.2, -0.15) is 0 Å². The Hall–Kier alpha value is -1.28. The van der Waals surface area contributed by atoms with Crippen LogP contribution in [0.3, 0.4) is 0 Å². The van der Waals surface area contributed by atoms with Crippen molar-refractivity contribution in [3.63, 3.8) is 0 Å². The summed E-state index contributed by atoms with van der Waals surface area (Å²) < 4.78 is 5.10. The van der Waals surface area contributed by atoms with Crippen LogP contribution in [0, 0.1) is 0 Å². The molecule has 0 atom stereocenters. The zero-order valence-electron chi connectivity index (χ0n) is 9.36. The lowest BCUT2D eigenvalue weighted by atomic mass is 10.1. The van der Waals surface area contributed by atoms with Crippen LogP contribution in [-0.4, -0.2) is 12.2 Å². The molecule has 1 N–H and O–H groups in total. The van der Waals surface area contributed by atoms with Gasteiger partial charge in [-0.15, -0.1) is 0 Å². The van der Waals surface area contributed by atoms with Crippen molar-refractivity contribution in [1.82, 2.24) is 0 Å². The third-order valence-electron chi connectivity index (χ3n) is 2.27. The summed E-state index contributed by atoms with van der Waals surface area (Å²) in [6, 6.07) is 5.74. The summed E-state index contributed by atoms with van der Waals surface area (Å²) in [4.78, 5) is 0. The SMILES string of the molecule is CCC/C=C/c1ccc(OC)cc1CO. The summed E-state index contributed by atoms with van der Waals surface area (Å²) in [5.74, 6) is 0.784. The molecule has 1 aromatic carbocycles. The molecule has 0 heterocycles. The lowest BCUT2D eigenvalue weighted by Crippen LogP contribution is -1.91. The minimum atomic E-state index is 0.0446. The van der Waals surface area contributed by atoms with Crippen molar-refractivity contribution in [2.24, 2.45) is 0 Å². The summed E-state index contributed by atoms with van der Waals surface area (Å²) in [6.07, 6.45) is 6.38. The first kappa shape index (κ1) is 11.8. The summed E-state index contributed by atoms with van der Waals surface area (Å²) in [5, 5.41) is 9.21. The average Bonchev–Trinajstić information content (AvgIpc) is 2.29.